The molecule has 1 N–H and O–H groups in total. The van der Waals surface area contributed by atoms with Gasteiger partial charge in [0.2, 0.25) is 11.8 Å². The van der Waals surface area contributed by atoms with Crippen LogP contribution in [0.4, 0.5) is 5.82 Å². The van der Waals surface area contributed by atoms with E-state index in [4.69, 9.17) is 21.3 Å². The van der Waals surface area contributed by atoms with Gasteiger partial charge in [-0.25, -0.2) is 9.97 Å². The van der Waals surface area contributed by atoms with Crippen LogP contribution in [0.2, 0.25) is 5.02 Å². The highest BCUT2D eigenvalue weighted by atomic mass is 35.5. The Hall–Kier alpha value is -3.13. The van der Waals surface area contributed by atoms with Crippen LogP contribution in [0, 0.1) is 6.92 Å². The Kier molecular flexibility index (Phi) is 5.72. The van der Waals surface area contributed by atoms with Gasteiger partial charge in [-0.3, -0.25) is 9.48 Å². The summed E-state index contributed by atoms with van der Waals surface area (Å²) in [6.45, 7) is 5.28. The number of anilines is 1. The molecule has 1 amide bonds. The summed E-state index contributed by atoms with van der Waals surface area (Å²) in [4.78, 5) is 24.4. The predicted molar refractivity (Wildman–Crippen MR) is 131 cm³/mol. The molecule has 0 saturated carbocycles. The number of methoxy groups -OCH3 is 1. The van der Waals surface area contributed by atoms with Crippen LogP contribution < -0.4 is 10.1 Å². The normalized spacial score (nSPS) is 20.2. The molecular formula is C25H29ClN6O2. The number of carbonyl (C=O) groups excluding carboxylic acids is 1. The fourth-order valence-corrected chi connectivity index (χ4v) is 5.40. The smallest absolute Gasteiger partial charge is 0.229 e. The Morgan fingerprint density at radius 1 is 1.29 bits per heavy atom. The average molecular weight is 481 g/mol. The molecule has 8 nitrogen and oxygen atoms in total. The molecule has 3 aromatic rings. The number of hydrogen-bond donors (Lipinski definition) is 1. The van der Waals surface area contributed by atoms with Gasteiger partial charge in [-0.15, -0.1) is 0 Å². The maximum Gasteiger partial charge on any atom is 0.229 e. The van der Waals surface area contributed by atoms with E-state index in [9.17, 15) is 4.79 Å². The Labute approximate surface area is 204 Å². The van der Waals surface area contributed by atoms with Crippen LogP contribution in [0.25, 0.3) is 11.1 Å². The summed E-state index contributed by atoms with van der Waals surface area (Å²) in [6.07, 6.45) is 8.20. The summed E-state index contributed by atoms with van der Waals surface area (Å²) in [5, 5.41) is 8.48. The van der Waals surface area contributed by atoms with Crippen LogP contribution in [0.15, 0.2) is 30.7 Å². The van der Waals surface area contributed by atoms with Gasteiger partial charge in [0, 0.05) is 55.4 Å². The van der Waals surface area contributed by atoms with Crippen molar-refractivity contribution in [2.24, 2.45) is 7.05 Å². The van der Waals surface area contributed by atoms with Crippen LogP contribution in [0.5, 0.6) is 5.88 Å². The number of amides is 1. The molecule has 5 heterocycles. The number of fused-ring (bicyclic) bond motifs is 1. The van der Waals surface area contributed by atoms with Gasteiger partial charge in [0.05, 0.1) is 29.8 Å². The van der Waals surface area contributed by atoms with Crippen molar-refractivity contribution in [1.82, 2.24) is 24.6 Å². The van der Waals surface area contributed by atoms with Crippen molar-refractivity contribution in [2.45, 2.75) is 44.6 Å². The van der Waals surface area contributed by atoms with Gasteiger partial charge >= 0.3 is 0 Å². The van der Waals surface area contributed by atoms with Gasteiger partial charge in [-0.2, -0.15) is 5.10 Å². The highest BCUT2D eigenvalue weighted by molar-refractivity contribution is 6.31. The molecule has 1 saturated heterocycles. The first-order valence-electron chi connectivity index (χ1n) is 11.5. The third-order valence-corrected chi connectivity index (χ3v) is 7.45. The lowest BCUT2D eigenvalue weighted by atomic mass is 9.86. The van der Waals surface area contributed by atoms with Gasteiger partial charge < -0.3 is 15.0 Å². The number of nitrogens with zero attached hydrogens (tertiary/aromatic N) is 5. The van der Waals surface area contributed by atoms with Crippen LogP contribution in [0.1, 0.15) is 42.5 Å². The third-order valence-electron chi connectivity index (χ3n) is 7.14. The van der Waals surface area contributed by atoms with Crippen molar-refractivity contribution in [3.05, 3.63) is 52.6 Å². The molecule has 34 heavy (non-hydrogen) atoms. The van der Waals surface area contributed by atoms with E-state index in [1.165, 1.54) is 5.56 Å². The number of aromatic nitrogens is 4. The summed E-state index contributed by atoms with van der Waals surface area (Å²) in [5.41, 5.74) is 4.96. The lowest BCUT2D eigenvalue weighted by Crippen LogP contribution is -2.46. The molecule has 2 atom stereocenters. The molecule has 0 unspecified atom stereocenters. The van der Waals surface area contributed by atoms with Crippen molar-refractivity contribution >= 4 is 23.3 Å². The second-order valence-electron chi connectivity index (χ2n) is 9.42. The zero-order valence-corrected chi connectivity index (χ0v) is 20.7. The number of ether oxygens (including phenoxy) is 1. The Morgan fingerprint density at radius 3 is 2.85 bits per heavy atom. The van der Waals surface area contributed by atoms with Crippen molar-refractivity contribution in [1.29, 1.82) is 0 Å². The molecule has 3 aromatic heterocycles. The molecule has 0 aliphatic carbocycles. The Morgan fingerprint density at radius 2 is 2.12 bits per heavy atom. The van der Waals surface area contributed by atoms with Crippen molar-refractivity contribution in [3.63, 3.8) is 0 Å². The van der Waals surface area contributed by atoms with E-state index in [-0.39, 0.29) is 17.4 Å². The summed E-state index contributed by atoms with van der Waals surface area (Å²) >= 11 is 6.36. The molecule has 0 bridgehead atoms. The Balaban J connectivity index is 1.33. The average Bonchev–Trinajstić information content (AvgIpc) is 3.44. The van der Waals surface area contributed by atoms with Gasteiger partial charge in [0.1, 0.15) is 5.82 Å². The Bertz CT molecular complexity index is 1260. The highest BCUT2D eigenvalue weighted by Gasteiger charge is 2.43. The SMILES string of the molecule is COc1cc([C@@H](C)C(=O)N2CC[C@@]3(CCc4cc(-c5cnn(C)c5)c(C)nc4N3)C2)c(Cl)cn1. The molecule has 2 aliphatic heterocycles. The minimum Gasteiger partial charge on any atom is -0.481 e. The highest BCUT2D eigenvalue weighted by Crippen LogP contribution is 2.39. The monoisotopic (exact) mass is 480 g/mol. The molecule has 9 heteroatoms. The first-order chi connectivity index (χ1) is 16.3. The number of pyridine rings is 2. The first kappa shape index (κ1) is 22.7. The fourth-order valence-electron chi connectivity index (χ4n) is 5.14. The third kappa shape index (κ3) is 4.00. The van der Waals surface area contributed by atoms with Crippen LogP contribution in [-0.2, 0) is 18.3 Å². The van der Waals surface area contributed by atoms with E-state index >= 15 is 0 Å². The van der Waals surface area contributed by atoms with Gasteiger partial charge in [-0.05, 0) is 50.3 Å². The van der Waals surface area contributed by atoms with Gasteiger partial charge in [-0.1, -0.05) is 11.6 Å². The molecule has 0 radical (unpaired) electrons. The number of halogens is 1. The van der Waals surface area contributed by atoms with Crippen LogP contribution in [-0.4, -0.2) is 56.3 Å². The van der Waals surface area contributed by atoms with Gasteiger partial charge in [0.25, 0.3) is 0 Å². The topological polar surface area (TPSA) is 85.2 Å². The molecule has 2 aliphatic rings. The van der Waals surface area contributed by atoms with E-state index < -0.39 is 0 Å². The van der Waals surface area contributed by atoms with E-state index in [0.717, 1.165) is 47.5 Å². The number of nitrogens with one attached hydrogen (secondary N) is 1. The van der Waals surface area contributed by atoms with Gasteiger partial charge in [0.15, 0.2) is 0 Å². The van der Waals surface area contributed by atoms with E-state index in [0.29, 0.717) is 24.0 Å². The van der Waals surface area contributed by atoms with Crippen LogP contribution in [0.3, 0.4) is 0 Å². The summed E-state index contributed by atoms with van der Waals surface area (Å²) < 4.78 is 7.03. The van der Waals surface area contributed by atoms with E-state index in [1.807, 2.05) is 42.9 Å². The number of rotatable bonds is 4. The number of carbonyl (C=O) groups is 1. The predicted octanol–water partition coefficient (Wildman–Crippen LogP) is 3.98. The van der Waals surface area contributed by atoms with E-state index in [1.54, 1.807) is 19.4 Å². The molecule has 1 spiro atoms. The zero-order valence-electron chi connectivity index (χ0n) is 19.9. The second kappa shape index (κ2) is 8.58. The zero-order chi connectivity index (χ0) is 24.0. The summed E-state index contributed by atoms with van der Waals surface area (Å²) in [5.74, 6) is 1.07. The lowest BCUT2D eigenvalue weighted by Gasteiger charge is -2.36. The molecule has 5 rings (SSSR count). The van der Waals surface area contributed by atoms with E-state index in [2.05, 4.69) is 21.5 Å². The van der Waals surface area contributed by atoms with Crippen molar-refractivity contribution in [2.75, 3.05) is 25.5 Å². The number of hydrogen-bond acceptors (Lipinski definition) is 6. The number of likely N-dealkylation sites (tertiary alicyclic amines) is 1. The first-order valence-corrected chi connectivity index (χ1v) is 11.9. The number of aryl methyl sites for hydroxylation is 3. The fraction of sp³-hybridized carbons (Fsp3) is 0.440. The standard InChI is InChI=1S/C25H29ClN6O2/c1-15(19-10-22(34-4)27-12-21(19)26)24(33)32-8-7-25(14-32)6-5-17-9-20(16(2)29-23(17)30-25)18-11-28-31(3)13-18/h9-13,15H,5-8,14H2,1-4H3,(H,29,30)/t15-,25+/m1/s1. The minimum absolute atomic E-state index is 0.0655. The maximum absolute atomic E-state index is 13.4. The molecule has 0 aromatic carbocycles. The minimum atomic E-state index is -0.377. The second-order valence-corrected chi connectivity index (χ2v) is 9.82. The lowest BCUT2D eigenvalue weighted by molar-refractivity contribution is -0.131. The molecular weight excluding hydrogens is 452 g/mol. The maximum atomic E-state index is 13.4. The summed E-state index contributed by atoms with van der Waals surface area (Å²) in [7, 11) is 3.47. The van der Waals surface area contributed by atoms with Crippen molar-refractivity contribution in [3.8, 4) is 17.0 Å². The van der Waals surface area contributed by atoms with Crippen molar-refractivity contribution < 1.29 is 9.53 Å². The largest absolute Gasteiger partial charge is 0.481 e. The summed E-state index contributed by atoms with van der Waals surface area (Å²) in [6, 6.07) is 3.98. The molecule has 1 fully saturated rings. The quantitative estimate of drug-likeness (QED) is 0.608. The molecule has 178 valence electrons. The van der Waals surface area contributed by atoms with Crippen LogP contribution >= 0.6 is 11.6 Å².